The Morgan fingerprint density at radius 1 is 1.21 bits per heavy atom. The van der Waals surface area contributed by atoms with Crippen LogP contribution in [0.2, 0.25) is 5.02 Å². The van der Waals surface area contributed by atoms with E-state index in [4.69, 9.17) is 22.8 Å². The topological polar surface area (TPSA) is 87.1 Å². The van der Waals surface area contributed by atoms with Crippen molar-refractivity contribution in [3.05, 3.63) is 82.3 Å². The summed E-state index contributed by atoms with van der Waals surface area (Å²) < 4.78 is 20.6. The van der Waals surface area contributed by atoms with Gasteiger partial charge in [0.15, 0.2) is 0 Å². The summed E-state index contributed by atoms with van der Waals surface area (Å²) in [4.78, 5) is 38.8. The lowest BCUT2D eigenvalue weighted by Crippen LogP contribution is -2.45. The molecule has 0 bridgehead atoms. The second kappa shape index (κ2) is 11.2. The van der Waals surface area contributed by atoms with Gasteiger partial charge in [-0.3, -0.25) is 14.7 Å². The number of terminal acetylenes is 1. The van der Waals surface area contributed by atoms with Crippen LogP contribution in [-0.4, -0.2) is 54.3 Å². The smallest absolute Gasteiger partial charge is 0.334 e. The van der Waals surface area contributed by atoms with Gasteiger partial charge >= 0.3 is 6.03 Å². The molecule has 2 aliphatic rings. The third-order valence-corrected chi connectivity index (χ3v) is 6.93. The normalized spacial score (nSPS) is 15.2. The van der Waals surface area contributed by atoms with E-state index in [1.54, 1.807) is 12.1 Å². The molecule has 8 nitrogen and oxygen atoms in total. The van der Waals surface area contributed by atoms with E-state index < -0.39 is 17.8 Å². The number of imide groups is 1. The van der Waals surface area contributed by atoms with E-state index in [0.29, 0.717) is 16.3 Å². The van der Waals surface area contributed by atoms with E-state index in [2.05, 4.69) is 26.1 Å². The van der Waals surface area contributed by atoms with E-state index in [0.717, 1.165) is 48.7 Å². The van der Waals surface area contributed by atoms with Crippen LogP contribution in [0.25, 0.3) is 0 Å². The summed E-state index contributed by atoms with van der Waals surface area (Å²) in [5.74, 6) is 1.43. The van der Waals surface area contributed by atoms with Gasteiger partial charge in [0.2, 0.25) is 0 Å². The molecule has 2 aliphatic heterocycles. The standard InChI is InChI=1S/C29H25ClFN5O3/c1-3-18-13-20(15-22(14-18)39-2)28(37)36(26-8-6-21(30)17-33-26)29(38)34-24-7-5-19(16-23(24)31)27(25-9-10-32-25)35-11-4-12-35/h1,5-8,13-17,27H,4,9-12H2,2H3,(H,34,38). The van der Waals surface area contributed by atoms with E-state index in [1.165, 1.54) is 49.7 Å². The van der Waals surface area contributed by atoms with Crippen LogP contribution in [-0.2, 0) is 0 Å². The molecule has 10 heteroatoms. The molecular formula is C29H25ClFN5O3. The van der Waals surface area contributed by atoms with E-state index in [1.807, 2.05) is 0 Å². The van der Waals surface area contributed by atoms with Crippen molar-refractivity contribution in [1.82, 2.24) is 9.88 Å². The zero-order chi connectivity index (χ0) is 27.5. The third kappa shape index (κ3) is 5.48. The average Bonchev–Trinajstić information content (AvgIpc) is 2.88. The number of anilines is 2. The maximum atomic E-state index is 15.3. The summed E-state index contributed by atoms with van der Waals surface area (Å²) in [7, 11) is 1.44. The molecule has 3 amide bonds. The predicted molar refractivity (Wildman–Crippen MR) is 148 cm³/mol. The van der Waals surface area contributed by atoms with E-state index in [-0.39, 0.29) is 23.1 Å². The average molecular weight is 546 g/mol. The molecule has 1 aromatic heterocycles. The number of hydrogen-bond donors (Lipinski definition) is 1. The van der Waals surface area contributed by atoms with Gasteiger partial charge < -0.3 is 10.1 Å². The number of benzene rings is 2. The van der Waals surface area contributed by atoms with Gasteiger partial charge in [0.1, 0.15) is 17.4 Å². The number of urea groups is 1. The fourth-order valence-electron chi connectivity index (χ4n) is 4.50. The second-order valence-corrected chi connectivity index (χ2v) is 9.59. The summed E-state index contributed by atoms with van der Waals surface area (Å²) >= 11 is 5.97. The molecule has 198 valence electrons. The minimum Gasteiger partial charge on any atom is -0.497 e. The van der Waals surface area contributed by atoms with Gasteiger partial charge in [0.05, 0.1) is 23.9 Å². The van der Waals surface area contributed by atoms with Crippen LogP contribution in [0.4, 0.5) is 20.7 Å². The molecule has 0 saturated carbocycles. The number of nitrogens with zero attached hydrogens (tertiary/aromatic N) is 4. The van der Waals surface area contributed by atoms with Crippen LogP contribution in [0.3, 0.4) is 0 Å². The summed E-state index contributed by atoms with van der Waals surface area (Å²) in [5, 5.41) is 2.83. The molecule has 1 N–H and O–H groups in total. The zero-order valence-electron chi connectivity index (χ0n) is 21.2. The fourth-order valence-corrected chi connectivity index (χ4v) is 4.62. The number of hydrogen-bond acceptors (Lipinski definition) is 6. The Morgan fingerprint density at radius 3 is 2.56 bits per heavy atom. The number of rotatable bonds is 7. The molecule has 0 radical (unpaired) electrons. The molecule has 5 rings (SSSR count). The molecule has 1 fully saturated rings. The van der Waals surface area contributed by atoms with Crippen molar-refractivity contribution in [1.29, 1.82) is 0 Å². The highest BCUT2D eigenvalue weighted by atomic mass is 35.5. The lowest BCUT2D eigenvalue weighted by Gasteiger charge is -2.41. The number of carbonyl (C=O) groups excluding carboxylic acids is 2. The van der Waals surface area contributed by atoms with Gasteiger partial charge in [0.25, 0.3) is 5.91 Å². The molecular weight excluding hydrogens is 521 g/mol. The SMILES string of the molecule is C#Cc1cc(OC)cc(C(=O)N(C(=O)Nc2ccc(C(C3=NCC3)N3CCC3)cc2F)c2ccc(Cl)cn2)c1. The van der Waals surface area contributed by atoms with E-state index >= 15 is 4.39 Å². The van der Waals surface area contributed by atoms with Crippen molar-refractivity contribution in [2.45, 2.75) is 18.9 Å². The van der Waals surface area contributed by atoms with Gasteiger partial charge in [-0.25, -0.2) is 19.1 Å². The molecule has 3 aromatic rings. The van der Waals surface area contributed by atoms with Crippen molar-refractivity contribution in [2.24, 2.45) is 4.99 Å². The number of nitrogens with one attached hydrogen (secondary N) is 1. The Morgan fingerprint density at radius 2 is 2.00 bits per heavy atom. The Bertz CT molecular complexity index is 1500. The predicted octanol–water partition coefficient (Wildman–Crippen LogP) is 5.33. The Kier molecular flexibility index (Phi) is 7.59. The second-order valence-electron chi connectivity index (χ2n) is 9.15. The summed E-state index contributed by atoms with van der Waals surface area (Å²) in [6.07, 6.45) is 8.82. The quantitative estimate of drug-likeness (QED) is 0.405. The van der Waals surface area contributed by atoms with Crippen LogP contribution < -0.4 is 15.0 Å². The van der Waals surface area contributed by atoms with Crippen molar-refractivity contribution < 1.29 is 18.7 Å². The largest absolute Gasteiger partial charge is 0.497 e. The molecule has 1 atom stereocenters. The summed E-state index contributed by atoms with van der Waals surface area (Å²) in [5.41, 5.74) is 2.21. The fraction of sp³-hybridized carbons (Fsp3) is 0.241. The number of aromatic nitrogens is 1. The zero-order valence-corrected chi connectivity index (χ0v) is 21.9. The number of methoxy groups -OCH3 is 1. The first-order valence-corrected chi connectivity index (χ1v) is 12.7. The first-order chi connectivity index (χ1) is 18.9. The molecule has 1 unspecified atom stereocenters. The highest BCUT2D eigenvalue weighted by Gasteiger charge is 2.32. The molecule has 0 aliphatic carbocycles. The van der Waals surface area contributed by atoms with Gasteiger partial charge in [-0.2, -0.15) is 0 Å². The number of carbonyl (C=O) groups is 2. The van der Waals surface area contributed by atoms with Crippen LogP contribution >= 0.6 is 11.6 Å². The number of ether oxygens (including phenoxy) is 1. The number of amides is 3. The number of aliphatic imine (C=N–C) groups is 1. The van der Waals surface area contributed by atoms with Crippen molar-refractivity contribution >= 4 is 40.8 Å². The van der Waals surface area contributed by atoms with Crippen LogP contribution in [0.5, 0.6) is 5.75 Å². The summed E-state index contributed by atoms with van der Waals surface area (Å²) in [6.45, 7) is 2.65. The van der Waals surface area contributed by atoms with Crippen molar-refractivity contribution in [3.8, 4) is 18.1 Å². The number of pyridine rings is 1. The first kappa shape index (κ1) is 26.4. The maximum absolute atomic E-state index is 15.3. The van der Waals surface area contributed by atoms with Crippen LogP contribution in [0.15, 0.2) is 59.7 Å². The van der Waals surface area contributed by atoms with Crippen molar-refractivity contribution in [2.75, 3.05) is 37.0 Å². The van der Waals surface area contributed by atoms with Crippen LogP contribution in [0, 0.1) is 18.2 Å². The summed E-state index contributed by atoms with van der Waals surface area (Å²) in [6, 6.07) is 11.1. The highest BCUT2D eigenvalue weighted by molar-refractivity contribution is 6.30. The Balaban J connectivity index is 1.45. The maximum Gasteiger partial charge on any atom is 0.334 e. The molecule has 2 aromatic carbocycles. The number of likely N-dealkylation sites (tertiary alicyclic amines) is 1. The Labute approximate surface area is 230 Å². The van der Waals surface area contributed by atoms with Gasteiger partial charge in [-0.15, -0.1) is 6.42 Å². The number of halogens is 2. The lowest BCUT2D eigenvalue weighted by molar-refractivity contribution is 0.0994. The minimum absolute atomic E-state index is 0.00940. The van der Waals surface area contributed by atoms with Gasteiger partial charge in [-0.05, 0) is 54.4 Å². The highest BCUT2D eigenvalue weighted by Crippen LogP contribution is 2.33. The lowest BCUT2D eigenvalue weighted by atomic mass is 9.92. The van der Waals surface area contributed by atoms with Crippen LogP contribution in [0.1, 0.15) is 40.4 Å². The molecule has 1 saturated heterocycles. The monoisotopic (exact) mass is 545 g/mol. The molecule has 39 heavy (non-hydrogen) atoms. The Hall–Kier alpha value is -4.26. The molecule has 0 spiro atoms. The molecule has 3 heterocycles. The minimum atomic E-state index is -0.908. The third-order valence-electron chi connectivity index (χ3n) is 6.71. The van der Waals surface area contributed by atoms with E-state index in [9.17, 15) is 9.59 Å². The van der Waals surface area contributed by atoms with Crippen molar-refractivity contribution in [3.63, 3.8) is 0 Å². The first-order valence-electron chi connectivity index (χ1n) is 12.4. The van der Waals surface area contributed by atoms with Gasteiger partial charge in [-0.1, -0.05) is 23.6 Å². The van der Waals surface area contributed by atoms with Gasteiger partial charge in [0, 0.05) is 49.1 Å².